The Labute approximate surface area is 108 Å². The van der Waals surface area contributed by atoms with E-state index in [0.717, 1.165) is 30.4 Å². The van der Waals surface area contributed by atoms with Gasteiger partial charge in [-0.1, -0.05) is 6.92 Å². The minimum absolute atomic E-state index is 0.0956. The maximum atomic E-state index is 11.6. The van der Waals surface area contributed by atoms with Gasteiger partial charge >= 0.3 is 0 Å². The van der Waals surface area contributed by atoms with E-state index in [1.165, 1.54) is 18.9 Å². The van der Waals surface area contributed by atoms with Crippen LogP contribution in [0.3, 0.4) is 0 Å². The number of hydrogen-bond donors (Lipinski definition) is 1. The van der Waals surface area contributed by atoms with Gasteiger partial charge in [0, 0.05) is 25.4 Å². The number of likely N-dealkylation sites (tertiary alicyclic amines) is 1. The summed E-state index contributed by atoms with van der Waals surface area (Å²) < 4.78 is 1.91. The van der Waals surface area contributed by atoms with Crippen molar-refractivity contribution in [2.45, 2.75) is 33.2 Å². The van der Waals surface area contributed by atoms with Crippen molar-refractivity contribution in [2.24, 2.45) is 13.0 Å². The van der Waals surface area contributed by atoms with Crippen LogP contribution >= 0.6 is 0 Å². The molecule has 1 aliphatic heterocycles. The molecule has 0 bridgehead atoms. The number of pyridine rings is 1. The summed E-state index contributed by atoms with van der Waals surface area (Å²) in [6, 6.07) is 1.48. The molecule has 0 radical (unpaired) electrons. The maximum Gasteiger partial charge on any atom is 0.223 e. The van der Waals surface area contributed by atoms with Gasteiger partial charge in [-0.15, -0.1) is 0 Å². The molecule has 0 atom stereocenters. The molecule has 4 nitrogen and oxygen atoms in total. The molecule has 0 aliphatic carbocycles. The summed E-state index contributed by atoms with van der Waals surface area (Å²) in [4.78, 5) is 13.9. The van der Waals surface area contributed by atoms with Crippen LogP contribution in [0.4, 0.5) is 0 Å². The average Bonchev–Trinajstić information content (AvgIpc) is 2.34. The van der Waals surface area contributed by atoms with Crippen molar-refractivity contribution in [3.8, 4) is 5.75 Å². The van der Waals surface area contributed by atoms with Crippen LogP contribution in [-0.2, 0) is 13.6 Å². The smallest absolute Gasteiger partial charge is 0.223 e. The van der Waals surface area contributed by atoms with Crippen molar-refractivity contribution in [1.82, 2.24) is 9.47 Å². The first-order valence-corrected chi connectivity index (χ1v) is 6.60. The molecule has 100 valence electrons. The minimum Gasteiger partial charge on any atom is -0.503 e. The highest BCUT2D eigenvalue weighted by Crippen LogP contribution is 2.21. The molecule has 1 aromatic heterocycles. The first kappa shape index (κ1) is 13.1. The summed E-state index contributed by atoms with van der Waals surface area (Å²) >= 11 is 0. The van der Waals surface area contributed by atoms with Crippen molar-refractivity contribution >= 4 is 0 Å². The van der Waals surface area contributed by atoms with Gasteiger partial charge in [-0.2, -0.15) is 0 Å². The molecule has 0 saturated carbocycles. The molecular formula is C14H22N2O2. The molecule has 0 spiro atoms. The van der Waals surface area contributed by atoms with Gasteiger partial charge in [-0.3, -0.25) is 9.69 Å². The molecule has 0 unspecified atom stereocenters. The zero-order chi connectivity index (χ0) is 13.3. The quantitative estimate of drug-likeness (QED) is 0.867. The normalized spacial score (nSPS) is 18.2. The Morgan fingerprint density at radius 3 is 2.61 bits per heavy atom. The molecule has 1 fully saturated rings. The Morgan fingerprint density at radius 2 is 2.00 bits per heavy atom. The van der Waals surface area contributed by atoms with Gasteiger partial charge in [-0.05, 0) is 38.8 Å². The van der Waals surface area contributed by atoms with Gasteiger partial charge in [0.25, 0.3) is 0 Å². The number of hydrogen-bond acceptors (Lipinski definition) is 3. The first-order valence-electron chi connectivity index (χ1n) is 6.60. The van der Waals surface area contributed by atoms with Crippen molar-refractivity contribution in [3.63, 3.8) is 0 Å². The summed E-state index contributed by atoms with van der Waals surface area (Å²) in [5, 5.41) is 9.93. The maximum absolute atomic E-state index is 11.6. The predicted octanol–water partition coefficient (Wildman–Crippen LogP) is 1.63. The number of nitrogens with zero attached hydrogens (tertiary/aromatic N) is 2. The monoisotopic (exact) mass is 250 g/mol. The van der Waals surface area contributed by atoms with Crippen LogP contribution in [0.25, 0.3) is 0 Å². The molecule has 1 aromatic rings. The third-order valence-electron chi connectivity index (χ3n) is 4.03. The molecule has 2 rings (SSSR count). The highest BCUT2D eigenvalue weighted by Gasteiger charge is 2.19. The van der Waals surface area contributed by atoms with Crippen LogP contribution in [-0.4, -0.2) is 27.7 Å². The molecule has 1 aliphatic rings. The molecule has 2 heterocycles. The first-order chi connectivity index (χ1) is 8.49. The number of aryl methyl sites for hydroxylation is 1. The molecule has 1 N–H and O–H groups in total. The second-order valence-corrected chi connectivity index (χ2v) is 5.46. The van der Waals surface area contributed by atoms with E-state index >= 15 is 0 Å². The third-order valence-corrected chi connectivity index (χ3v) is 4.03. The van der Waals surface area contributed by atoms with Crippen molar-refractivity contribution < 1.29 is 5.11 Å². The fourth-order valence-electron chi connectivity index (χ4n) is 2.48. The van der Waals surface area contributed by atoms with Gasteiger partial charge in [0.15, 0.2) is 5.75 Å². The third kappa shape index (κ3) is 2.58. The Bertz CT molecular complexity index is 485. The van der Waals surface area contributed by atoms with E-state index in [9.17, 15) is 9.90 Å². The summed E-state index contributed by atoms with van der Waals surface area (Å²) in [5.74, 6) is 0.692. The van der Waals surface area contributed by atoms with Gasteiger partial charge in [0.1, 0.15) is 0 Å². The Balaban J connectivity index is 2.21. The van der Waals surface area contributed by atoms with Crippen LogP contribution in [0.5, 0.6) is 5.75 Å². The average molecular weight is 250 g/mol. The molecule has 1 saturated heterocycles. The van der Waals surface area contributed by atoms with Gasteiger partial charge in [0.05, 0.1) is 5.69 Å². The Kier molecular flexibility index (Phi) is 3.76. The van der Waals surface area contributed by atoms with Crippen molar-refractivity contribution in [2.75, 3.05) is 13.1 Å². The van der Waals surface area contributed by atoms with E-state index in [-0.39, 0.29) is 11.2 Å². The molecule has 0 amide bonds. The zero-order valence-electron chi connectivity index (χ0n) is 11.4. The summed E-state index contributed by atoms with van der Waals surface area (Å²) in [7, 11) is 1.90. The zero-order valence-corrected chi connectivity index (χ0v) is 11.4. The second kappa shape index (κ2) is 5.14. The fraction of sp³-hybridized carbons (Fsp3) is 0.643. The van der Waals surface area contributed by atoms with Crippen LogP contribution in [0.15, 0.2) is 10.9 Å². The topological polar surface area (TPSA) is 45.5 Å². The lowest BCUT2D eigenvalue weighted by Gasteiger charge is -2.31. The molecule has 4 heteroatoms. The largest absolute Gasteiger partial charge is 0.503 e. The number of aromatic hydroxyl groups is 1. The number of rotatable bonds is 2. The lowest BCUT2D eigenvalue weighted by molar-refractivity contribution is 0.179. The summed E-state index contributed by atoms with van der Waals surface area (Å²) in [6.45, 7) is 6.91. The van der Waals surface area contributed by atoms with E-state index in [2.05, 4.69) is 11.8 Å². The van der Waals surface area contributed by atoms with Crippen LogP contribution in [0, 0.1) is 12.8 Å². The lowest BCUT2D eigenvalue weighted by atomic mass is 9.99. The predicted molar refractivity (Wildman–Crippen MR) is 71.8 cm³/mol. The van der Waals surface area contributed by atoms with E-state index in [1.807, 2.05) is 18.5 Å². The fourth-order valence-corrected chi connectivity index (χ4v) is 2.48. The van der Waals surface area contributed by atoms with Crippen molar-refractivity contribution in [1.29, 1.82) is 0 Å². The molecule has 0 aromatic carbocycles. The summed E-state index contributed by atoms with van der Waals surface area (Å²) in [5.41, 5.74) is 1.35. The van der Waals surface area contributed by atoms with Crippen LogP contribution in [0.1, 0.15) is 31.2 Å². The highest BCUT2D eigenvalue weighted by atomic mass is 16.3. The summed E-state index contributed by atoms with van der Waals surface area (Å²) in [6.07, 6.45) is 2.39. The molecular weight excluding hydrogens is 228 g/mol. The Morgan fingerprint density at radius 1 is 1.39 bits per heavy atom. The number of aromatic nitrogens is 1. The minimum atomic E-state index is -0.272. The van der Waals surface area contributed by atoms with Crippen molar-refractivity contribution in [3.05, 3.63) is 27.7 Å². The second-order valence-electron chi connectivity index (χ2n) is 5.46. The van der Waals surface area contributed by atoms with E-state index in [4.69, 9.17) is 0 Å². The van der Waals surface area contributed by atoms with Gasteiger partial charge < -0.3 is 9.67 Å². The van der Waals surface area contributed by atoms with Crippen LogP contribution in [0.2, 0.25) is 0 Å². The van der Waals surface area contributed by atoms with Gasteiger partial charge in [0.2, 0.25) is 5.43 Å². The van der Waals surface area contributed by atoms with E-state index < -0.39 is 0 Å². The van der Waals surface area contributed by atoms with E-state index in [0.29, 0.717) is 6.54 Å². The highest BCUT2D eigenvalue weighted by molar-refractivity contribution is 5.29. The Hall–Kier alpha value is -1.29. The van der Waals surface area contributed by atoms with Crippen LogP contribution < -0.4 is 5.43 Å². The molecule has 18 heavy (non-hydrogen) atoms. The number of piperidine rings is 1. The van der Waals surface area contributed by atoms with Gasteiger partial charge in [-0.25, -0.2) is 0 Å². The lowest BCUT2D eigenvalue weighted by Crippen LogP contribution is -2.33. The standard InChI is InChI=1S/C14H22N2O2/c1-10-4-6-16(7-5-10)9-12-14(18)13(17)8-11(2)15(12)3/h8,10,18H,4-7,9H2,1-3H3. The SMILES string of the molecule is Cc1cc(=O)c(O)c(CN2CCC(C)CC2)n1C. The van der Waals surface area contributed by atoms with E-state index in [1.54, 1.807) is 0 Å².